The van der Waals surface area contributed by atoms with Crippen LogP contribution in [0.25, 0.3) is 0 Å². The van der Waals surface area contributed by atoms with Gasteiger partial charge < -0.3 is 5.11 Å². The van der Waals surface area contributed by atoms with Crippen LogP contribution in [0.5, 0.6) is 0 Å². The summed E-state index contributed by atoms with van der Waals surface area (Å²) in [6.45, 7) is 11.3. The molecular formula is C20H38O2Ti. The number of carbonyl (C=O) groups is 1. The van der Waals surface area contributed by atoms with Crippen LogP contribution in [0.1, 0.15) is 92.4 Å². The molecule has 0 heterocycles. The Labute approximate surface area is 159 Å². The molecule has 0 radical (unpaired) electrons. The van der Waals surface area contributed by atoms with Gasteiger partial charge in [-0.25, -0.2) is 4.79 Å². The van der Waals surface area contributed by atoms with Crippen molar-refractivity contribution in [2.24, 2.45) is 17.8 Å². The van der Waals surface area contributed by atoms with Gasteiger partial charge in [0.25, 0.3) is 0 Å². The maximum Gasteiger partial charge on any atom is 0.328 e. The number of carboxylic acid groups (broad SMARTS) is 1. The summed E-state index contributed by atoms with van der Waals surface area (Å²) >= 11 is 0. The third kappa shape index (κ3) is 18.1. The minimum absolute atomic E-state index is 0. The van der Waals surface area contributed by atoms with Gasteiger partial charge in [-0.2, -0.15) is 0 Å². The van der Waals surface area contributed by atoms with E-state index in [9.17, 15) is 4.79 Å². The molecular weight excluding hydrogens is 320 g/mol. The van der Waals surface area contributed by atoms with Gasteiger partial charge in [-0.15, -0.1) is 0 Å². The van der Waals surface area contributed by atoms with Crippen molar-refractivity contribution in [2.45, 2.75) is 92.4 Å². The zero-order valence-electron chi connectivity index (χ0n) is 16.0. The summed E-state index contributed by atoms with van der Waals surface area (Å²) in [5.74, 6) is 1.65. The molecule has 0 spiro atoms. The van der Waals surface area contributed by atoms with Gasteiger partial charge in [0.1, 0.15) is 0 Å². The van der Waals surface area contributed by atoms with Gasteiger partial charge in [0.05, 0.1) is 0 Å². The maximum atomic E-state index is 10.5. The van der Waals surface area contributed by atoms with Crippen LogP contribution in [-0.4, -0.2) is 11.1 Å². The van der Waals surface area contributed by atoms with Crippen LogP contribution in [0.3, 0.4) is 0 Å². The van der Waals surface area contributed by atoms with E-state index in [-0.39, 0.29) is 21.7 Å². The Kier molecular flexibility index (Phi) is 16.9. The molecule has 0 saturated heterocycles. The summed E-state index contributed by atoms with van der Waals surface area (Å²) in [5, 5.41) is 8.68. The Balaban J connectivity index is 0. The predicted molar refractivity (Wildman–Crippen MR) is 96.1 cm³/mol. The number of carboxylic acids is 1. The molecule has 3 heteroatoms. The zero-order valence-corrected chi connectivity index (χ0v) is 17.6. The smallest absolute Gasteiger partial charge is 0.328 e. The number of hydrogen-bond acceptors (Lipinski definition) is 1. The number of hydrogen-bond donors (Lipinski definition) is 1. The predicted octanol–water partition coefficient (Wildman–Crippen LogP) is 6.45. The molecule has 0 amide bonds. The van der Waals surface area contributed by atoms with E-state index in [1.54, 1.807) is 0 Å². The molecule has 1 N–H and O–H groups in total. The minimum atomic E-state index is -0.822. The van der Waals surface area contributed by atoms with E-state index in [1.165, 1.54) is 51.0 Å². The summed E-state index contributed by atoms with van der Waals surface area (Å²) in [5.41, 5.74) is 0.985. The topological polar surface area (TPSA) is 37.3 Å². The third-order valence-electron chi connectivity index (χ3n) is 4.51. The van der Waals surface area contributed by atoms with Crippen LogP contribution in [0.15, 0.2) is 11.6 Å². The summed E-state index contributed by atoms with van der Waals surface area (Å²) in [6, 6.07) is 0. The van der Waals surface area contributed by atoms with Crippen molar-refractivity contribution in [1.29, 1.82) is 0 Å². The molecule has 0 aliphatic heterocycles. The fourth-order valence-electron chi connectivity index (χ4n) is 2.99. The van der Waals surface area contributed by atoms with Crippen LogP contribution in [0, 0.1) is 17.8 Å². The first-order valence-corrected chi connectivity index (χ1v) is 9.21. The molecule has 0 aliphatic carbocycles. The van der Waals surface area contributed by atoms with Crippen molar-refractivity contribution < 1.29 is 31.6 Å². The normalized spacial score (nSPS) is 14.4. The van der Waals surface area contributed by atoms with E-state index in [0.29, 0.717) is 0 Å². The fraction of sp³-hybridized carbons (Fsp3) is 0.850. The van der Waals surface area contributed by atoms with E-state index < -0.39 is 5.97 Å². The number of aliphatic carboxylic acids is 1. The molecule has 0 rings (SSSR count). The number of allylic oxidation sites excluding steroid dienone is 1. The molecule has 0 aromatic carbocycles. The summed E-state index contributed by atoms with van der Waals surface area (Å²) in [6.07, 6.45) is 12.7. The molecule has 2 atom stereocenters. The van der Waals surface area contributed by atoms with Crippen LogP contribution in [0.4, 0.5) is 0 Å². The summed E-state index contributed by atoms with van der Waals surface area (Å²) in [4.78, 5) is 10.5. The molecule has 0 aromatic heterocycles. The van der Waals surface area contributed by atoms with Gasteiger partial charge >= 0.3 is 5.97 Å². The Bertz CT molecular complexity index is 324. The molecule has 0 saturated carbocycles. The molecule has 134 valence electrons. The molecule has 0 bridgehead atoms. The van der Waals surface area contributed by atoms with Gasteiger partial charge in [0.15, 0.2) is 0 Å². The first-order chi connectivity index (χ1) is 10.3. The average molecular weight is 358 g/mol. The SMILES string of the molecule is C/C(=C\C(=O)O)CCC[C@H](C)CCC[C@H](C)CCCC(C)C.[Ti]. The third-order valence-corrected chi connectivity index (χ3v) is 4.51. The second kappa shape index (κ2) is 15.5. The van der Waals surface area contributed by atoms with E-state index in [1.807, 2.05) is 6.92 Å². The Morgan fingerprint density at radius 2 is 1.30 bits per heavy atom. The zero-order chi connectivity index (χ0) is 17.0. The van der Waals surface area contributed by atoms with Gasteiger partial charge in [-0.05, 0) is 37.5 Å². The van der Waals surface area contributed by atoms with Crippen molar-refractivity contribution in [3.8, 4) is 0 Å². The van der Waals surface area contributed by atoms with Crippen LogP contribution >= 0.6 is 0 Å². The molecule has 23 heavy (non-hydrogen) atoms. The van der Waals surface area contributed by atoms with Gasteiger partial charge in [0, 0.05) is 27.8 Å². The van der Waals surface area contributed by atoms with Crippen molar-refractivity contribution in [1.82, 2.24) is 0 Å². The van der Waals surface area contributed by atoms with Crippen molar-refractivity contribution in [3.63, 3.8) is 0 Å². The van der Waals surface area contributed by atoms with E-state index in [4.69, 9.17) is 5.11 Å². The Hall–Kier alpha value is -0.0757. The molecule has 2 nitrogen and oxygen atoms in total. The van der Waals surface area contributed by atoms with E-state index in [0.717, 1.165) is 36.2 Å². The summed E-state index contributed by atoms with van der Waals surface area (Å²) < 4.78 is 0. The minimum Gasteiger partial charge on any atom is -0.478 e. The number of rotatable bonds is 13. The van der Waals surface area contributed by atoms with Gasteiger partial charge in [0.2, 0.25) is 0 Å². The van der Waals surface area contributed by atoms with Crippen molar-refractivity contribution in [3.05, 3.63) is 11.6 Å². The largest absolute Gasteiger partial charge is 0.478 e. The fourth-order valence-corrected chi connectivity index (χ4v) is 2.99. The molecule has 0 aliphatic rings. The second-order valence-corrected chi connectivity index (χ2v) is 7.69. The average Bonchev–Trinajstić information content (AvgIpc) is 2.37. The van der Waals surface area contributed by atoms with Crippen LogP contribution in [-0.2, 0) is 26.5 Å². The van der Waals surface area contributed by atoms with Crippen molar-refractivity contribution >= 4 is 5.97 Å². The first kappa shape index (κ1) is 25.2. The quantitative estimate of drug-likeness (QED) is 0.303. The summed E-state index contributed by atoms with van der Waals surface area (Å²) in [7, 11) is 0. The molecule has 0 aromatic rings. The van der Waals surface area contributed by atoms with Crippen LogP contribution in [0.2, 0.25) is 0 Å². The Morgan fingerprint density at radius 1 is 0.870 bits per heavy atom. The maximum absolute atomic E-state index is 10.5. The monoisotopic (exact) mass is 358 g/mol. The second-order valence-electron chi connectivity index (χ2n) is 7.69. The van der Waals surface area contributed by atoms with Gasteiger partial charge in [-0.3, -0.25) is 0 Å². The van der Waals surface area contributed by atoms with Crippen LogP contribution < -0.4 is 0 Å². The first-order valence-electron chi connectivity index (χ1n) is 9.21. The standard InChI is InChI=1S/C20H38O2.Ti/c1-16(2)9-6-10-17(3)11-7-12-18(4)13-8-14-19(5)15-20(21)22;/h15-18H,6-14H2,1-5H3,(H,21,22);/b19-15+;/t17-,18-;/m1./s1. The van der Waals surface area contributed by atoms with E-state index in [2.05, 4.69) is 27.7 Å². The van der Waals surface area contributed by atoms with Gasteiger partial charge in [-0.1, -0.05) is 78.2 Å². The van der Waals surface area contributed by atoms with Crippen molar-refractivity contribution in [2.75, 3.05) is 0 Å². The van der Waals surface area contributed by atoms with E-state index >= 15 is 0 Å². The molecule has 0 unspecified atom stereocenters. The Morgan fingerprint density at radius 3 is 1.74 bits per heavy atom. The molecule has 0 fully saturated rings.